The summed E-state index contributed by atoms with van der Waals surface area (Å²) in [5.41, 5.74) is 1.62. The number of nitrogens with one attached hydrogen (secondary N) is 1. The van der Waals surface area contributed by atoms with E-state index in [-0.39, 0.29) is 5.41 Å². The average molecular weight is 314 g/mol. The van der Waals surface area contributed by atoms with Crippen LogP contribution in [0.5, 0.6) is 0 Å². The summed E-state index contributed by atoms with van der Waals surface area (Å²) >= 11 is 12.3. The molecule has 0 unspecified atom stereocenters. The maximum Gasteiger partial charge on any atom is 0.0595 e. The molecule has 0 radical (unpaired) electrons. The second-order valence-electron chi connectivity index (χ2n) is 6.15. The first-order valence-corrected chi connectivity index (χ1v) is 8.53. The monoisotopic (exact) mass is 313 g/mol. The van der Waals surface area contributed by atoms with Crippen molar-refractivity contribution >= 4 is 23.2 Å². The van der Waals surface area contributed by atoms with Gasteiger partial charge in [-0.15, -0.1) is 0 Å². The highest BCUT2D eigenvalue weighted by atomic mass is 35.5. The second-order valence-corrected chi connectivity index (χ2v) is 6.96. The van der Waals surface area contributed by atoms with E-state index in [2.05, 4.69) is 31.3 Å². The fourth-order valence-corrected chi connectivity index (χ4v) is 3.77. The lowest BCUT2D eigenvalue weighted by Gasteiger charge is -2.49. The van der Waals surface area contributed by atoms with E-state index >= 15 is 0 Å². The molecule has 0 amide bonds. The number of hydrogen-bond donors (Lipinski definition) is 1. The molecule has 1 N–H and O–H groups in total. The molecule has 1 saturated carbocycles. The van der Waals surface area contributed by atoms with Crippen molar-refractivity contribution in [3.05, 3.63) is 33.8 Å². The fourth-order valence-electron chi connectivity index (χ4n) is 3.47. The van der Waals surface area contributed by atoms with Gasteiger partial charge in [-0.3, -0.25) is 0 Å². The van der Waals surface area contributed by atoms with Gasteiger partial charge >= 0.3 is 0 Å². The highest BCUT2D eigenvalue weighted by Crippen LogP contribution is 2.50. The van der Waals surface area contributed by atoms with Gasteiger partial charge in [0.2, 0.25) is 0 Å². The van der Waals surface area contributed by atoms with E-state index in [1.54, 1.807) is 0 Å². The summed E-state index contributed by atoms with van der Waals surface area (Å²) in [6, 6.07) is 6.16. The Balaban J connectivity index is 2.12. The van der Waals surface area contributed by atoms with Gasteiger partial charge in [0.05, 0.1) is 10.0 Å². The number of benzene rings is 1. The molecule has 2 rings (SSSR count). The van der Waals surface area contributed by atoms with Gasteiger partial charge in [0, 0.05) is 12.0 Å². The Morgan fingerprint density at radius 2 is 1.90 bits per heavy atom. The Bertz CT molecular complexity index is 433. The molecule has 0 aliphatic heterocycles. The molecule has 0 saturated heterocycles. The molecule has 112 valence electrons. The van der Waals surface area contributed by atoms with Crippen LogP contribution in [0.1, 0.15) is 51.5 Å². The summed E-state index contributed by atoms with van der Waals surface area (Å²) in [5.74, 6) is 0.873. The van der Waals surface area contributed by atoms with E-state index in [4.69, 9.17) is 23.2 Å². The van der Waals surface area contributed by atoms with E-state index in [9.17, 15) is 0 Å². The lowest BCUT2D eigenvalue weighted by Crippen LogP contribution is -2.48. The Hall–Kier alpha value is -0.240. The van der Waals surface area contributed by atoms with Crippen molar-refractivity contribution in [2.24, 2.45) is 5.92 Å². The van der Waals surface area contributed by atoms with Gasteiger partial charge in [0.25, 0.3) is 0 Å². The van der Waals surface area contributed by atoms with Crippen LogP contribution in [0.3, 0.4) is 0 Å². The molecule has 1 fully saturated rings. The maximum atomic E-state index is 6.21. The van der Waals surface area contributed by atoms with E-state index in [1.165, 1.54) is 37.7 Å². The quantitative estimate of drug-likeness (QED) is 0.661. The Morgan fingerprint density at radius 1 is 1.15 bits per heavy atom. The number of halogens is 2. The van der Waals surface area contributed by atoms with E-state index in [0.29, 0.717) is 10.0 Å². The molecule has 3 heteroatoms. The molecule has 1 aromatic rings. The first-order chi connectivity index (χ1) is 9.61. The van der Waals surface area contributed by atoms with Crippen LogP contribution in [0, 0.1) is 5.92 Å². The molecule has 1 aliphatic rings. The predicted octanol–water partition coefficient (Wildman–Crippen LogP) is 5.44. The predicted molar refractivity (Wildman–Crippen MR) is 88.9 cm³/mol. The molecule has 20 heavy (non-hydrogen) atoms. The zero-order valence-corrected chi connectivity index (χ0v) is 14.0. The summed E-state index contributed by atoms with van der Waals surface area (Å²) in [6.07, 6.45) is 6.35. The molecule has 0 heterocycles. The fraction of sp³-hybridized carbons (Fsp3) is 0.647. The molecule has 1 nitrogen and oxygen atoms in total. The SMILES string of the molecule is CCCNCC1(c2ccc(Cl)c(Cl)c2)CC(CCC)C1. The van der Waals surface area contributed by atoms with Crippen molar-refractivity contribution in [1.82, 2.24) is 5.32 Å². The van der Waals surface area contributed by atoms with Gasteiger partial charge in [-0.2, -0.15) is 0 Å². The first-order valence-electron chi connectivity index (χ1n) is 7.77. The summed E-state index contributed by atoms with van der Waals surface area (Å²) in [4.78, 5) is 0. The highest BCUT2D eigenvalue weighted by molar-refractivity contribution is 6.42. The summed E-state index contributed by atoms with van der Waals surface area (Å²) in [5, 5.41) is 4.93. The maximum absolute atomic E-state index is 6.21. The Labute approximate surface area is 133 Å². The van der Waals surface area contributed by atoms with Gasteiger partial charge in [0.1, 0.15) is 0 Å². The van der Waals surface area contributed by atoms with Crippen LogP contribution >= 0.6 is 23.2 Å². The standard InChI is InChI=1S/C17H25Cl2N/c1-3-5-13-10-17(11-13,12-20-8-4-2)14-6-7-15(18)16(19)9-14/h6-7,9,13,20H,3-5,8,10-12H2,1-2H3. The van der Waals surface area contributed by atoms with Crippen LogP contribution < -0.4 is 5.32 Å². The van der Waals surface area contributed by atoms with E-state index in [1.807, 2.05) is 6.07 Å². The smallest absolute Gasteiger partial charge is 0.0595 e. The van der Waals surface area contributed by atoms with Crippen LogP contribution in [0.2, 0.25) is 10.0 Å². The van der Waals surface area contributed by atoms with Crippen LogP contribution in [0.4, 0.5) is 0 Å². The van der Waals surface area contributed by atoms with Gasteiger partial charge < -0.3 is 5.32 Å². The molecule has 0 bridgehead atoms. The van der Waals surface area contributed by atoms with Crippen molar-refractivity contribution in [2.45, 2.75) is 51.4 Å². The average Bonchev–Trinajstić information content (AvgIpc) is 2.39. The van der Waals surface area contributed by atoms with Crippen LogP contribution in [0.15, 0.2) is 18.2 Å². The zero-order valence-electron chi connectivity index (χ0n) is 12.5. The third-order valence-electron chi connectivity index (χ3n) is 4.48. The van der Waals surface area contributed by atoms with Crippen molar-refractivity contribution in [3.8, 4) is 0 Å². The largest absolute Gasteiger partial charge is 0.316 e. The minimum Gasteiger partial charge on any atom is -0.316 e. The third-order valence-corrected chi connectivity index (χ3v) is 5.22. The molecule has 0 atom stereocenters. The summed E-state index contributed by atoms with van der Waals surface area (Å²) in [7, 11) is 0. The van der Waals surface area contributed by atoms with Gasteiger partial charge in [-0.25, -0.2) is 0 Å². The van der Waals surface area contributed by atoms with Gasteiger partial charge in [-0.05, 0) is 49.4 Å². The summed E-state index contributed by atoms with van der Waals surface area (Å²) in [6.45, 7) is 6.62. The van der Waals surface area contributed by atoms with Crippen LogP contribution in [-0.4, -0.2) is 13.1 Å². The van der Waals surface area contributed by atoms with Crippen molar-refractivity contribution in [3.63, 3.8) is 0 Å². The van der Waals surface area contributed by atoms with Crippen LogP contribution in [-0.2, 0) is 5.41 Å². The molecule has 0 aromatic heterocycles. The van der Waals surface area contributed by atoms with Crippen molar-refractivity contribution in [2.75, 3.05) is 13.1 Å². The highest BCUT2D eigenvalue weighted by Gasteiger charge is 2.44. The topological polar surface area (TPSA) is 12.0 Å². The third kappa shape index (κ3) is 3.50. The molecule has 0 spiro atoms. The van der Waals surface area contributed by atoms with Gasteiger partial charge in [-0.1, -0.05) is 56.0 Å². The first kappa shape index (κ1) is 16.1. The Morgan fingerprint density at radius 3 is 2.50 bits per heavy atom. The Kier molecular flexibility index (Phi) is 5.77. The zero-order chi connectivity index (χ0) is 14.6. The normalized spacial score (nSPS) is 25.5. The van der Waals surface area contributed by atoms with Gasteiger partial charge in [0.15, 0.2) is 0 Å². The minimum atomic E-state index is 0.267. The summed E-state index contributed by atoms with van der Waals surface area (Å²) < 4.78 is 0. The van der Waals surface area contributed by atoms with E-state index < -0.39 is 0 Å². The second kappa shape index (κ2) is 7.15. The minimum absolute atomic E-state index is 0.267. The molecule has 1 aliphatic carbocycles. The van der Waals surface area contributed by atoms with Crippen molar-refractivity contribution < 1.29 is 0 Å². The van der Waals surface area contributed by atoms with Crippen LogP contribution in [0.25, 0.3) is 0 Å². The van der Waals surface area contributed by atoms with Crippen molar-refractivity contribution in [1.29, 1.82) is 0 Å². The molecule has 1 aromatic carbocycles. The lowest BCUT2D eigenvalue weighted by atomic mass is 9.57. The number of rotatable bonds is 7. The number of hydrogen-bond acceptors (Lipinski definition) is 1. The lowest BCUT2D eigenvalue weighted by molar-refractivity contribution is 0.129. The van der Waals surface area contributed by atoms with E-state index in [0.717, 1.165) is 19.0 Å². The molecular formula is C17H25Cl2N. The molecular weight excluding hydrogens is 289 g/mol.